The van der Waals surface area contributed by atoms with Crippen LogP contribution in [0.1, 0.15) is 18.9 Å². The molecule has 1 aliphatic heterocycles. The second kappa shape index (κ2) is 5.67. The van der Waals surface area contributed by atoms with Crippen LogP contribution in [0.5, 0.6) is 0 Å². The van der Waals surface area contributed by atoms with Crippen molar-refractivity contribution in [2.24, 2.45) is 0 Å². The minimum absolute atomic E-state index is 0.267. The van der Waals surface area contributed by atoms with Gasteiger partial charge in [-0.05, 0) is 25.0 Å². The monoisotopic (exact) mass is 271 g/mol. The summed E-state index contributed by atoms with van der Waals surface area (Å²) < 4.78 is 0. The molecule has 0 radical (unpaired) electrons. The van der Waals surface area contributed by atoms with Gasteiger partial charge in [-0.3, -0.25) is 4.79 Å². The zero-order valence-corrected chi connectivity index (χ0v) is 11.9. The number of carbonyl (C=O) groups excluding carboxylic acids is 1. The maximum Gasteiger partial charge on any atom is 0.222 e. The van der Waals surface area contributed by atoms with Crippen LogP contribution in [0.25, 0.3) is 10.9 Å². The molecular weight excluding hydrogens is 250 g/mol. The van der Waals surface area contributed by atoms with Crippen LogP contribution >= 0.6 is 0 Å². The minimum Gasteiger partial charge on any atom is -0.361 e. The second-order valence-corrected chi connectivity index (χ2v) is 5.55. The summed E-state index contributed by atoms with van der Waals surface area (Å²) in [6, 6.07) is 8.65. The Morgan fingerprint density at radius 1 is 1.40 bits per heavy atom. The Balaban J connectivity index is 1.63. The van der Waals surface area contributed by atoms with Gasteiger partial charge in [0.1, 0.15) is 0 Å². The Kier molecular flexibility index (Phi) is 3.74. The lowest BCUT2D eigenvalue weighted by Crippen LogP contribution is -2.51. The molecule has 0 bridgehead atoms. The van der Waals surface area contributed by atoms with E-state index in [0.29, 0.717) is 12.5 Å². The highest BCUT2D eigenvalue weighted by molar-refractivity contribution is 5.84. The third-order valence-corrected chi connectivity index (χ3v) is 4.00. The number of piperazine rings is 1. The topological polar surface area (TPSA) is 48.1 Å². The number of nitrogens with zero attached hydrogens (tertiary/aromatic N) is 1. The third kappa shape index (κ3) is 2.70. The number of aromatic nitrogens is 1. The summed E-state index contributed by atoms with van der Waals surface area (Å²) in [5.74, 6) is 0.267. The largest absolute Gasteiger partial charge is 0.361 e. The summed E-state index contributed by atoms with van der Waals surface area (Å²) >= 11 is 0. The van der Waals surface area contributed by atoms with E-state index in [2.05, 4.69) is 29.4 Å². The fraction of sp³-hybridized carbons (Fsp3) is 0.438. The molecule has 3 rings (SSSR count). The van der Waals surface area contributed by atoms with E-state index in [9.17, 15) is 4.79 Å². The number of nitrogens with one attached hydrogen (secondary N) is 2. The third-order valence-electron chi connectivity index (χ3n) is 4.00. The predicted molar refractivity (Wildman–Crippen MR) is 80.7 cm³/mol. The Morgan fingerprint density at radius 3 is 3.10 bits per heavy atom. The summed E-state index contributed by atoms with van der Waals surface area (Å²) in [5, 5.41) is 4.59. The van der Waals surface area contributed by atoms with Crippen molar-refractivity contribution in [1.29, 1.82) is 0 Å². The number of rotatable bonds is 3. The van der Waals surface area contributed by atoms with Gasteiger partial charge < -0.3 is 15.2 Å². The normalized spacial score (nSPS) is 19.4. The maximum absolute atomic E-state index is 12.3. The predicted octanol–water partition coefficient (Wildman–Crippen LogP) is 1.92. The van der Waals surface area contributed by atoms with E-state index in [0.717, 1.165) is 31.6 Å². The molecule has 1 unspecified atom stereocenters. The van der Waals surface area contributed by atoms with Crippen LogP contribution in [0.4, 0.5) is 0 Å². The highest BCUT2D eigenvalue weighted by atomic mass is 16.2. The zero-order chi connectivity index (χ0) is 13.9. The molecule has 106 valence electrons. The molecule has 0 spiro atoms. The quantitative estimate of drug-likeness (QED) is 0.896. The van der Waals surface area contributed by atoms with Crippen LogP contribution in [0.3, 0.4) is 0 Å². The summed E-state index contributed by atoms with van der Waals surface area (Å²) in [6.45, 7) is 4.68. The Morgan fingerprint density at radius 2 is 2.25 bits per heavy atom. The first-order valence-electron chi connectivity index (χ1n) is 7.30. The van der Waals surface area contributed by atoms with E-state index in [4.69, 9.17) is 0 Å². The Bertz CT molecular complexity index is 605. The van der Waals surface area contributed by atoms with E-state index < -0.39 is 0 Å². The first-order chi connectivity index (χ1) is 9.74. The number of H-pyrrole nitrogens is 1. The number of aryl methyl sites for hydroxylation is 1. The van der Waals surface area contributed by atoms with Gasteiger partial charge in [-0.1, -0.05) is 18.2 Å². The van der Waals surface area contributed by atoms with E-state index in [1.165, 1.54) is 10.9 Å². The summed E-state index contributed by atoms with van der Waals surface area (Å²) in [7, 11) is 0. The van der Waals surface area contributed by atoms with Gasteiger partial charge in [-0.25, -0.2) is 0 Å². The molecule has 1 aromatic carbocycles. The molecule has 1 aromatic heterocycles. The number of aromatic amines is 1. The van der Waals surface area contributed by atoms with Gasteiger partial charge in [0.25, 0.3) is 0 Å². The molecule has 2 aromatic rings. The molecule has 4 heteroatoms. The van der Waals surface area contributed by atoms with Crippen LogP contribution in [0.2, 0.25) is 0 Å². The van der Waals surface area contributed by atoms with Gasteiger partial charge in [0.15, 0.2) is 0 Å². The average Bonchev–Trinajstić information content (AvgIpc) is 2.88. The van der Waals surface area contributed by atoms with Gasteiger partial charge in [0.05, 0.1) is 0 Å². The molecule has 0 saturated carbocycles. The van der Waals surface area contributed by atoms with Gasteiger partial charge in [-0.15, -0.1) is 0 Å². The summed E-state index contributed by atoms with van der Waals surface area (Å²) in [5.41, 5.74) is 2.38. The van der Waals surface area contributed by atoms with Crippen molar-refractivity contribution in [2.45, 2.75) is 25.8 Å². The Hall–Kier alpha value is -1.81. The number of fused-ring (bicyclic) bond motifs is 1. The Labute approximate surface area is 119 Å². The molecule has 4 nitrogen and oxygen atoms in total. The fourth-order valence-electron chi connectivity index (χ4n) is 2.90. The summed E-state index contributed by atoms with van der Waals surface area (Å²) in [4.78, 5) is 17.5. The number of carbonyl (C=O) groups is 1. The van der Waals surface area contributed by atoms with Gasteiger partial charge in [-0.2, -0.15) is 0 Å². The average molecular weight is 271 g/mol. The fourth-order valence-corrected chi connectivity index (χ4v) is 2.90. The van der Waals surface area contributed by atoms with Crippen LogP contribution in [0, 0.1) is 0 Å². The van der Waals surface area contributed by atoms with Crippen molar-refractivity contribution in [2.75, 3.05) is 19.6 Å². The smallest absolute Gasteiger partial charge is 0.222 e. The molecule has 2 heterocycles. The molecular formula is C16H21N3O. The first-order valence-corrected chi connectivity index (χ1v) is 7.30. The van der Waals surface area contributed by atoms with E-state index in [-0.39, 0.29) is 5.91 Å². The highest BCUT2D eigenvalue weighted by Gasteiger charge is 2.20. The number of benzene rings is 1. The van der Waals surface area contributed by atoms with Gasteiger partial charge >= 0.3 is 0 Å². The van der Waals surface area contributed by atoms with Gasteiger partial charge in [0.2, 0.25) is 5.91 Å². The van der Waals surface area contributed by atoms with Crippen LogP contribution in [0.15, 0.2) is 30.5 Å². The lowest BCUT2D eigenvalue weighted by Gasteiger charge is -2.32. The van der Waals surface area contributed by atoms with Crippen LogP contribution in [-0.2, 0) is 11.2 Å². The summed E-state index contributed by atoms with van der Waals surface area (Å²) in [6.07, 6.45) is 3.42. The van der Waals surface area contributed by atoms with Crippen molar-refractivity contribution in [1.82, 2.24) is 15.2 Å². The molecule has 0 aliphatic carbocycles. The van der Waals surface area contributed by atoms with E-state index in [1.807, 2.05) is 23.2 Å². The number of amides is 1. The van der Waals surface area contributed by atoms with Crippen molar-refractivity contribution in [3.8, 4) is 0 Å². The second-order valence-electron chi connectivity index (χ2n) is 5.55. The lowest BCUT2D eigenvalue weighted by atomic mass is 10.1. The van der Waals surface area contributed by atoms with Crippen molar-refractivity contribution in [3.05, 3.63) is 36.0 Å². The first kappa shape index (κ1) is 13.2. The van der Waals surface area contributed by atoms with Crippen molar-refractivity contribution >= 4 is 16.8 Å². The highest BCUT2D eigenvalue weighted by Crippen LogP contribution is 2.19. The molecule has 1 aliphatic rings. The number of hydrogen-bond acceptors (Lipinski definition) is 2. The van der Waals surface area contributed by atoms with E-state index in [1.54, 1.807) is 0 Å². The SMILES string of the molecule is CC1CN(C(=O)CCc2c[nH]c3ccccc23)CCN1. The number of para-hydroxylation sites is 1. The molecule has 1 atom stereocenters. The lowest BCUT2D eigenvalue weighted by molar-refractivity contribution is -0.132. The standard InChI is InChI=1S/C16H21N3O/c1-12-11-19(9-8-17-12)16(20)7-6-13-10-18-15-5-3-2-4-14(13)15/h2-5,10,12,17-18H,6-9,11H2,1H3. The maximum atomic E-state index is 12.3. The van der Waals surface area contributed by atoms with Crippen molar-refractivity contribution < 1.29 is 4.79 Å². The minimum atomic E-state index is 0.267. The molecule has 2 N–H and O–H groups in total. The molecule has 1 saturated heterocycles. The van der Waals surface area contributed by atoms with E-state index >= 15 is 0 Å². The van der Waals surface area contributed by atoms with Crippen LogP contribution < -0.4 is 5.32 Å². The van der Waals surface area contributed by atoms with Crippen LogP contribution in [-0.4, -0.2) is 41.5 Å². The van der Waals surface area contributed by atoms with Crippen molar-refractivity contribution in [3.63, 3.8) is 0 Å². The molecule has 1 amide bonds. The molecule has 1 fully saturated rings. The zero-order valence-electron chi connectivity index (χ0n) is 11.9. The molecule has 20 heavy (non-hydrogen) atoms. The number of hydrogen-bond donors (Lipinski definition) is 2. The van der Waals surface area contributed by atoms with Gasteiger partial charge in [0, 0.05) is 49.2 Å².